The van der Waals surface area contributed by atoms with Gasteiger partial charge in [-0.3, -0.25) is 0 Å². The summed E-state index contributed by atoms with van der Waals surface area (Å²) in [5, 5.41) is 0. The van der Waals surface area contributed by atoms with Gasteiger partial charge in [0.15, 0.2) is 0 Å². The van der Waals surface area contributed by atoms with Gasteiger partial charge in [-0.25, -0.2) is 14.8 Å². The Hall–Kier alpha value is -1.65. The predicted molar refractivity (Wildman–Crippen MR) is 78.0 cm³/mol. The first-order chi connectivity index (χ1) is 9.54. The lowest BCUT2D eigenvalue weighted by Gasteiger charge is -2.39. The number of carbonyl (C=O) groups is 1. The highest BCUT2D eigenvalue weighted by atomic mass is 16.5. The fraction of sp³-hybridized carbons (Fsp3) is 0.667. The molecule has 5 nitrogen and oxygen atoms in total. The molecule has 0 bridgehead atoms. The standard InChI is InChI=1S/C15H23N3O2/c1-5-20-14(19)13-9-16-15(17-12(13)4)18-10(2)7-6-8-11(18)3/h9-11H,5-8H2,1-4H3/t10-,11-/m0/s1. The van der Waals surface area contributed by atoms with E-state index in [4.69, 9.17) is 4.74 Å². The van der Waals surface area contributed by atoms with Crippen LogP contribution in [0.5, 0.6) is 0 Å². The Labute approximate surface area is 120 Å². The number of esters is 1. The molecule has 2 rings (SSSR count). The number of aryl methyl sites for hydroxylation is 1. The second kappa shape index (κ2) is 6.20. The SMILES string of the molecule is CCOC(=O)c1cnc(N2[C@@H](C)CCC[C@@H]2C)nc1C. The molecule has 20 heavy (non-hydrogen) atoms. The number of aromatic nitrogens is 2. The summed E-state index contributed by atoms with van der Waals surface area (Å²) in [5.41, 5.74) is 1.13. The molecular formula is C15H23N3O2. The number of piperidine rings is 1. The van der Waals surface area contributed by atoms with E-state index in [0.717, 1.165) is 18.8 Å². The Balaban J connectivity index is 2.26. The Morgan fingerprint density at radius 1 is 1.40 bits per heavy atom. The predicted octanol–water partition coefficient (Wildman–Crippen LogP) is 2.73. The zero-order valence-corrected chi connectivity index (χ0v) is 12.7. The Morgan fingerprint density at radius 3 is 2.60 bits per heavy atom. The van der Waals surface area contributed by atoms with Crippen molar-refractivity contribution in [2.75, 3.05) is 11.5 Å². The number of nitrogens with zero attached hydrogens (tertiary/aromatic N) is 3. The molecule has 0 amide bonds. The van der Waals surface area contributed by atoms with Crippen LogP contribution in [0.25, 0.3) is 0 Å². The normalized spacial score (nSPS) is 22.7. The zero-order valence-electron chi connectivity index (χ0n) is 12.7. The van der Waals surface area contributed by atoms with Gasteiger partial charge in [0.2, 0.25) is 5.95 Å². The van der Waals surface area contributed by atoms with Crippen LogP contribution in [0, 0.1) is 6.92 Å². The minimum atomic E-state index is -0.351. The van der Waals surface area contributed by atoms with Crippen LogP contribution in [0.15, 0.2) is 6.20 Å². The second-order valence-electron chi connectivity index (χ2n) is 5.43. The maximum absolute atomic E-state index is 11.8. The minimum absolute atomic E-state index is 0.351. The summed E-state index contributed by atoms with van der Waals surface area (Å²) in [6.45, 7) is 8.39. The number of carbonyl (C=O) groups excluding carboxylic acids is 1. The summed E-state index contributed by atoms with van der Waals surface area (Å²) in [7, 11) is 0. The fourth-order valence-electron chi connectivity index (χ4n) is 2.80. The van der Waals surface area contributed by atoms with E-state index in [1.807, 2.05) is 6.92 Å². The van der Waals surface area contributed by atoms with Crippen molar-refractivity contribution in [3.05, 3.63) is 17.5 Å². The number of rotatable bonds is 3. The molecule has 1 saturated heterocycles. The van der Waals surface area contributed by atoms with Gasteiger partial charge in [-0.15, -0.1) is 0 Å². The molecule has 0 unspecified atom stereocenters. The van der Waals surface area contributed by atoms with Gasteiger partial charge in [-0.2, -0.15) is 0 Å². The average Bonchev–Trinajstić information content (AvgIpc) is 2.38. The van der Waals surface area contributed by atoms with Crippen molar-refractivity contribution >= 4 is 11.9 Å². The monoisotopic (exact) mass is 277 g/mol. The quantitative estimate of drug-likeness (QED) is 0.795. The van der Waals surface area contributed by atoms with E-state index in [-0.39, 0.29) is 5.97 Å². The first-order valence-corrected chi connectivity index (χ1v) is 7.33. The van der Waals surface area contributed by atoms with Crippen molar-refractivity contribution in [2.24, 2.45) is 0 Å². The molecule has 110 valence electrons. The van der Waals surface area contributed by atoms with Crippen LogP contribution in [0.1, 0.15) is 56.1 Å². The van der Waals surface area contributed by atoms with E-state index >= 15 is 0 Å². The second-order valence-corrected chi connectivity index (χ2v) is 5.43. The Morgan fingerprint density at radius 2 is 2.05 bits per heavy atom. The minimum Gasteiger partial charge on any atom is -0.462 e. The van der Waals surface area contributed by atoms with E-state index in [2.05, 4.69) is 28.7 Å². The molecule has 0 N–H and O–H groups in total. The summed E-state index contributed by atoms with van der Waals surface area (Å²) < 4.78 is 5.00. The van der Waals surface area contributed by atoms with Crippen molar-refractivity contribution in [3.8, 4) is 0 Å². The van der Waals surface area contributed by atoms with E-state index in [9.17, 15) is 4.79 Å². The zero-order chi connectivity index (χ0) is 14.7. The van der Waals surface area contributed by atoms with Gasteiger partial charge in [-0.1, -0.05) is 0 Å². The molecule has 0 spiro atoms. The van der Waals surface area contributed by atoms with E-state index < -0.39 is 0 Å². The molecule has 0 saturated carbocycles. The largest absolute Gasteiger partial charge is 0.462 e. The number of anilines is 1. The lowest BCUT2D eigenvalue weighted by atomic mass is 9.98. The summed E-state index contributed by atoms with van der Waals surface area (Å²) in [5.74, 6) is 0.367. The molecule has 1 fully saturated rings. The third kappa shape index (κ3) is 2.92. The third-order valence-electron chi connectivity index (χ3n) is 3.89. The van der Waals surface area contributed by atoms with E-state index in [0.29, 0.717) is 29.9 Å². The maximum Gasteiger partial charge on any atom is 0.341 e. The highest BCUT2D eigenvalue weighted by Gasteiger charge is 2.27. The molecule has 0 aromatic carbocycles. The Bertz CT molecular complexity index is 480. The van der Waals surface area contributed by atoms with Crippen LogP contribution >= 0.6 is 0 Å². The van der Waals surface area contributed by atoms with Crippen LogP contribution in [-0.4, -0.2) is 34.6 Å². The summed E-state index contributed by atoms with van der Waals surface area (Å²) >= 11 is 0. The van der Waals surface area contributed by atoms with Crippen LogP contribution in [0.2, 0.25) is 0 Å². The molecule has 0 radical (unpaired) electrons. The smallest absolute Gasteiger partial charge is 0.341 e. The first-order valence-electron chi connectivity index (χ1n) is 7.33. The topological polar surface area (TPSA) is 55.3 Å². The summed E-state index contributed by atoms with van der Waals surface area (Å²) in [6, 6.07) is 0.873. The molecule has 2 heterocycles. The van der Waals surface area contributed by atoms with Crippen molar-refractivity contribution in [3.63, 3.8) is 0 Å². The first kappa shape index (κ1) is 14.8. The lowest BCUT2D eigenvalue weighted by molar-refractivity contribution is 0.0524. The lowest BCUT2D eigenvalue weighted by Crippen LogP contribution is -2.45. The van der Waals surface area contributed by atoms with E-state index in [1.54, 1.807) is 13.1 Å². The van der Waals surface area contributed by atoms with Crippen LogP contribution in [0.3, 0.4) is 0 Å². The molecule has 1 aliphatic rings. The molecule has 5 heteroatoms. The van der Waals surface area contributed by atoms with Crippen molar-refractivity contribution in [2.45, 2.75) is 59.0 Å². The van der Waals surface area contributed by atoms with Gasteiger partial charge < -0.3 is 9.64 Å². The van der Waals surface area contributed by atoms with Crippen molar-refractivity contribution in [1.29, 1.82) is 0 Å². The van der Waals surface area contributed by atoms with Gasteiger partial charge in [0.25, 0.3) is 0 Å². The summed E-state index contributed by atoms with van der Waals surface area (Å²) in [4.78, 5) is 22.9. The molecule has 1 aliphatic heterocycles. The molecule has 2 atom stereocenters. The van der Waals surface area contributed by atoms with Gasteiger partial charge in [0.05, 0.1) is 17.9 Å². The van der Waals surface area contributed by atoms with Crippen LogP contribution in [0.4, 0.5) is 5.95 Å². The van der Waals surface area contributed by atoms with Crippen LogP contribution in [-0.2, 0) is 4.74 Å². The molecule has 1 aromatic rings. The number of hydrogen-bond donors (Lipinski definition) is 0. The van der Waals surface area contributed by atoms with Gasteiger partial charge in [0.1, 0.15) is 0 Å². The van der Waals surface area contributed by atoms with Crippen LogP contribution < -0.4 is 4.90 Å². The Kier molecular flexibility index (Phi) is 4.57. The molecule has 0 aliphatic carbocycles. The number of ether oxygens (including phenoxy) is 1. The van der Waals surface area contributed by atoms with Gasteiger partial charge in [-0.05, 0) is 47.0 Å². The summed E-state index contributed by atoms with van der Waals surface area (Å²) in [6.07, 6.45) is 5.15. The maximum atomic E-state index is 11.8. The van der Waals surface area contributed by atoms with Crippen molar-refractivity contribution in [1.82, 2.24) is 9.97 Å². The van der Waals surface area contributed by atoms with Crippen molar-refractivity contribution < 1.29 is 9.53 Å². The third-order valence-corrected chi connectivity index (χ3v) is 3.89. The van der Waals surface area contributed by atoms with Gasteiger partial charge >= 0.3 is 5.97 Å². The number of hydrogen-bond acceptors (Lipinski definition) is 5. The molecular weight excluding hydrogens is 254 g/mol. The molecule has 1 aromatic heterocycles. The van der Waals surface area contributed by atoms with E-state index in [1.165, 1.54) is 6.42 Å². The fourth-order valence-corrected chi connectivity index (χ4v) is 2.80. The van der Waals surface area contributed by atoms with Gasteiger partial charge in [0, 0.05) is 18.3 Å². The highest BCUT2D eigenvalue weighted by Crippen LogP contribution is 2.26. The highest BCUT2D eigenvalue weighted by molar-refractivity contribution is 5.90. The average molecular weight is 277 g/mol.